The maximum atomic E-state index is 14.2. The minimum Gasteiger partial charge on any atom is -0.481 e. The van der Waals surface area contributed by atoms with Crippen molar-refractivity contribution < 1.29 is 19.8 Å². The molecule has 5 aliphatic carbocycles. The smallest absolute Gasteiger partial charge is 0.310 e. The van der Waals surface area contributed by atoms with Crippen molar-refractivity contribution in [1.82, 2.24) is 0 Å². The van der Waals surface area contributed by atoms with E-state index in [4.69, 9.17) is 0 Å². The third-order valence-electron chi connectivity index (χ3n) is 12.8. The fourth-order valence-corrected chi connectivity index (χ4v) is 10.4. The van der Waals surface area contributed by atoms with E-state index in [1.165, 1.54) is 0 Å². The minimum absolute atomic E-state index is 0.0515. The Morgan fingerprint density at radius 3 is 2.21 bits per heavy atom. The Labute approximate surface area is 206 Å². The van der Waals surface area contributed by atoms with Gasteiger partial charge in [-0.15, -0.1) is 0 Å². The second-order valence-electron chi connectivity index (χ2n) is 15.0. The van der Waals surface area contributed by atoms with Crippen LogP contribution < -0.4 is 0 Å². The van der Waals surface area contributed by atoms with Gasteiger partial charge in [0.15, 0.2) is 5.78 Å². The quantitative estimate of drug-likeness (QED) is 0.464. The van der Waals surface area contributed by atoms with E-state index in [1.54, 1.807) is 0 Å². The van der Waals surface area contributed by atoms with Crippen molar-refractivity contribution in [3.05, 3.63) is 11.6 Å². The van der Waals surface area contributed by atoms with Gasteiger partial charge in [0.25, 0.3) is 0 Å². The number of hydrogen-bond acceptors (Lipinski definition) is 3. The highest BCUT2D eigenvalue weighted by Crippen LogP contribution is 2.75. The van der Waals surface area contributed by atoms with Crippen LogP contribution in [0.5, 0.6) is 0 Å². The normalized spacial score (nSPS) is 51.3. The molecule has 5 rings (SSSR count). The predicted octanol–water partition coefficient (Wildman–Crippen LogP) is 6.41. The van der Waals surface area contributed by atoms with Gasteiger partial charge >= 0.3 is 5.97 Å². The molecule has 190 valence electrons. The summed E-state index contributed by atoms with van der Waals surface area (Å²) in [5.41, 5.74) is -0.127. The molecule has 4 fully saturated rings. The lowest BCUT2D eigenvalue weighted by Gasteiger charge is -2.70. The summed E-state index contributed by atoms with van der Waals surface area (Å²) < 4.78 is 0. The Morgan fingerprint density at radius 1 is 0.912 bits per heavy atom. The molecule has 4 heteroatoms. The molecule has 0 spiro atoms. The van der Waals surface area contributed by atoms with Crippen LogP contribution >= 0.6 is 0 Å². The van der Waals surface area contributed by atoms with Crippen LogP contribution in [-0.2, 0) is 9.59 Å². The number of fused-ring (bicyclic) bond motifs is 7. The predicted molar refractivity (Wildman–Crippen MR) is 133 cm³/mol. The standard InChI is InChI=1S/C30H46O4/c1-25(2)12-14-30(24(33)34)15-13-28(6)18(19(30)17-25)16-20(31)23-27(5)10-9-22(32)26(3,4)21(27)8-11-29(23,28)7/h16,19,21-23,32H,8-15,17H2,1-7H3,(H,33,34)/t19-,21?,22-,23-,27+,28-,29-,30+/m1/s1. The first-order valence-electron chi connectivity index (χ1n) is 13.7. The summed E-state index contributed by atoms with van der Waals surface area (Å²) in [6.45, 7) is 16.0. The Morgan fingerprint density at radius 2 is 1.56 bits per heavy atom. The third-order valence-corrected chi connectivity index (χ3v) is 12.8. The minimum atomic E-state index is -0.720. The molecule has 0 aliphatic heterocycles. The number of hydrogen-bond donors (Lipinski definition) is 2. The van der Waals surface area contributed by atoms with Gasteiger partial charge in [0, 0.05) is 5.92 Å². The van der Waals surface area contributed by atoms with Gasteiger partial charge in [-0.25, -0.2) is 0 Å². The molecular formula is C30H46O4. The number of aliphatic carboxylic acids is 1. The number of carboxylic acids is 1. The first-order chi connectivity index (χ1) is 15.6. The van der Waals surface area contributed by atoms with Crippen LogP contribution in [-0.4, -0.2) is 28.1 Å². The van der Waals surface area contributed by atoms with E-state index in [9.17, 15) is 19.8 Å². The average molecular weight is 471 g/mol. The van der Waals surface area contributed by atoms with E-state index in [0.717, 1.165) is 56.9 Å². The molecule has 0 heterocycles. The molecule has 1 unspecified atom stereocenters. The second kappa shape index (κ2) is 6.99. The second-order valence-corrected chi connectivity index (χ2v) is 15.0. The van der Waals surface area contributed by atoms with Crippen molar-refractivity contribution in [2.24, 2.45) is 50.2 Å². The summed E-state index contributed by atoms with van der Waals surface area (Å²) in [6, 6.07) is 0. The van der Waals surface area contributed by atoms with Crippen LogP contribution in [0, 0.1) is 50.2 Å². The lowest BCUT2D eigenvalue weighted by Crippen LogP contribution is -2.67. The number of allylic oxidation sites excluding steroid dienone is 2. The van der Waals surface area contributed by atoms with Gasteiger partial charge in [-0.1, -0.05) is 54.0 Å². The zero-order chi connectivity index (χ0) is 25.1. The first-order valence-corrected chi connectivity index (χ1v) is 13.7. The van der Waals surface area contributed by atoms with Crippen LogP contribution in [0.4, 0.5) is 0 Å². The van der Waals surface area contributed by atoms with Crippen LogP contribution in [0.1, 0.15) is 106 Å². The van der Waals surface area contributed by atoms with Crippen LogP contribution in [0.15, 0.2) is 11.6 Å². The van der Waals surface area contributed by atoms with E-state index in [-0.39, 0.29) is 50.8 Å². The van der Waals surface area contributed by atoms with Gasteiger partial charge in [0.05, 0.1) is 11.5 Å². The Hall–Kier alpha value is -1.16. The van der Waals surface area contributed by atoms with Gasteiger partial charge in [-0.2, -0.15) is 0 Å². The van der Waals surface area contributed by atoms with E-state index < -0.39 is 11.4 Å². The van der Waals surface area contributed by atoms with E-state index in [0.29, 0.717) is 12.3 Å². The monoisotopic (exact) mass is 470 g/mol. The van der Waals surface area contributed by atoms with Gasteiger partial charge in [-0.05, 0) is 103 Å². The van der Waals surface area contributed by atoms with Gasteiger partial charge in [0.1, 0.15) is 0 Å². The van der Waals surface area contributed by atoms with Gasteiger partial charge in [0.2, 0.25) is 0 Å². The fraction of sp³-hybridized carbons (Fsp3) is 0.867. The number of rotatable bonds is 1. The molecule has 2 N–H and O–H groups in total. The largest absolute Gasteiger partial charge is 0.481 e. The lowest BCUT2D eigenvalue weighted by molar-refractivity contribution is -0.204. The Kier molecular flexibility index (Phi) is 5.04. The number of aliphatic hydroxyl groups excluding tert-OH is 1. The number of aliphatic hydroxyl groups is 1. The summed E-state index contributed by atoms with van der Waals surface area (Å²) in [7, 11) is 0. The third kappa shape index (κ3) is 2.81. The highest BCUT2D eigenvalue weighted by molar-refractivity contribution is 5.96. The van der Waals surface area contributed by atoms with Gasteiger partial charge < -0.3 is 10.2 Å². The highest BCUT2D eigenvalue weighted by Gasteiger charge is 2.71. The molecule has 5 aliphatic rings. The van der Waals surface area contributed by atoms with Crippen molar-refractivity contribution in [1.29, 1.82) is 0 Å². The molecule has 0 amide bonds. The zero-order valence-corrected chi connectivity index (χ0v) is 22.5. The molecule has 0 radical (unpaired) electrons. The van der Waals surface area contributed by atoms with Crippen LogP contribution in [0.3, 0.4) is 0 Å². The van der Waals surface area contributed by atoms with Gasteiger partial charge in [-0.3, -0.25) is 9.59 Å². The number of ketones is 1. The van der Waals surface area contributed by atoms with E-state index in [1.807, 2.05) is 6.08 Å². The molecule has 4 saturated carbocycles. The molecule has 0 aromatic heterocycles. The molecule has 4 nitrogen and oxygen atoms in total. The molecule has 34 heavy (non-hydrogen) atoms. The number of carbonyl (C=O) groups is 2. The molecule has 0 aromatic carbocycles. The highest BCUT2D eigenvalue weighted by atomic mass is 16.4. The topological polar surface area (TPSA) is 74.6 Å². The zero-order valence-electron chi connectivity index (χ0n) is 22.5. The summed E-state index contributed by atoms with van der Waals surface area (Å²) in [6.07, 6.45) is 9.38. The lowest BCUT2D eigenvalue weighted by atomic mass is 9.33. The van der Waals surface area contributed by atoms with Crippen LogP contribution in [0.2, 0.25) is 0 Å². The number of carbonyl (C=O) groups excluding carboxylic acids is 1. The molecule has 8 atom stereocenters. The molecule has 0 aromatic rings. The first kappa shape index (κ1) is 24.5. The van der Waals surface area contributed by atoms with Crippen molar-refractivity contribution in [3.8, 4) is 0 Å². The Bertz CT molecular complexity index is 961. The van der Waals surface area contributed by atoms with Crippen molar-refractivity contribution >= 4 is 11.8 Å². The summed E-state index contributed by atoms with van der Waals surface area (Å²) in [4.78, 5) is 27.0. The maximum Gasteiger partial charge on any atom is 0.310 e. The van der Waals surface area contributed by atoms with Crippen molar-refractivity contribution in [3.63, 3.8) is 0 Å². The fourth-order valence-electron chi connectivity index (χ4n) is 10.4. The molecular weight excluding hydrogens is 424 g/mol. The SMILES string of the molecule is CC1(C)CC[C@]2(C(=O)O)CC[C@]3(C)C(=CC(=O)[C@@H]4[C@@]5(C)CC[C@@H](O)C(C)(C)C5CC[C@]43C)[C@H]2C1. The maximum absolute atomic E-state index is 14.2. The molecule has 0 saturated heterocycles. The van der Waals surface area contributed by atoms with Crippen LogP contribution in [0.25, 0.3) is 0 Å². The summed E-state index contributed by atoms with van der Waals surface area (Å²) in [5, 5.41) is 21.3. The summed E-state index contributed by atoms with van der Waals surface area (Å²) in [5.74, 6) is -0.217. The number of carboxylic acid groups (broad SMARTS) is 1. The van der Waals surface area contributed by atoms with E-state index in [2.05, 4.69) is 48.5 Å². The average Bonchev–Trinajstić information content (AvgIpc) is 2.72. The van der Waals surface area contributed by atoms with Crippen molar-refractivity contribution in [2.45, 2.75) is 112 Å². The Balaban J connectivity index is 1.65. The summed E-state index contributed by atoms with van der Waals surface area (Å²) >= 11 is 0. The van der Waals surface area contributed by atoms with E-state index >= 15 is 0 Å². The molecule has 0 bridgehead atoms. The van der Waals surface area contributed by atoms with Crippen molar-refractivity contribution in [2.75, 3.05) is 0 Å².